The fraction of sp³-hybridized carbons (Fsp3) is 0.200. The lowest BCUT2D eigenvalue weighted by atomic mass is 9.97. The molecule has 0 fully saturated rings. The van der Waals surface area contributed by atoms with Gasteiger partial charge in [-0.1, -0.05) is 0 Å². The number of nitrogens with zero attached hydrogens (tertiary/aromatic N) is 3. The average molecular weight is 372 g/mol. The molecule has 3 rings (SSSR count). The van der Waals surface area contributed by atoms with Gasteiger partial charge in [-0.15, -0.1) is 0 Å². The molecule has 0 aliphatic carbocycles. The monoisotopic (exact) mass is 372 g/mol. The number of ether oxygens (including phenoxy) is 1. The lowest BCUT2D eigenvalue weighted by molar-refractivity contribution is -0.671. The molecule has 2 aromatic rings. The van der Waals surface area contributed by atoms with Crippen molar-refractivity contribution in [1.82, 2.24) is 0 Å². The summed E-state index contributed by atoms with van der Waals surface area (Å²) >= 11 is 0. The molecule has 0 bridgehead atoms. The Hall–Kier alpha value is -3.27. The number of halogens is 3. The number of fused-ring (bicyclic) bond motifs is 1. The zero-order chi connectivity index (χ0) is 19.8. The van der Waals surface area contributed by atoms with Crippen LogP contribution in [0, 0.1) is 11.3 Å². The predicted octanol–water partition coefficient (Wildman–Crippen LogP) is 3.85. The Labute approximate surface area is 155 Å². The third-order valence-corrected chi connectivity index (χ3v) is 4.20. The Kier molecular flexibility index (Phi) is 4.66. The molecule has 0 spiro atoms. The molecule has 0 saturated heterocycles. The van der Waals surface area contributed by atoms with E-state index < -0.39 is 11.7 Å². The number of rotatable bonds is 2. The average Bonchev–Trinajstić information content (AvgIpc) is 2.62. The van der Waals surface area contributed by atoms with Gasteiger partial charge in [0.25, 0.3) is 0 Å². The molecule has 0 unspecified atom stereocenters. The van der Waals surface area contributed by atoms with Crippen molar-refractivity contribution < 1.29 is 22.5 Å². The summed E-state index contributed by atoms with van der Waals surface area (Å²) in [7, 11) is 5.37. The first-order chi connectivity index (χ1) is 12.7. The molecule has 0 N–H and O–H groups in total. The van der Waals surface area contributed by atoms with Crippen LogP contribution < -0.4 is 14.2 Å². The Morgan fingerprint density at radius 3 is 2.37 bits per heavy atom. The molecule has 1 aliphatic heterocycles. The van der Waals surface area contributed by atoms with Gasteiger partial charge in [0.05, 0.1) is 5.57 Å². The van der Waals surface area contributed by atoms with E-state index in [0.29, 0.717) is 11.3 Å². The molecule has 0 amide bonds. The number of hydrogen-bond donors (Lipinski definition) is 0. The molecule has 0 saturated carbocycles. The lowest BCUT2D eigenvalue weighted by Crippen LogP contribution is -2.26. The maximum atomic E-state index is 13.6. The number of allylic oxidation sites excluding steroid dienone is 3. The first kappa shape index (κ1) is 18.5. The first-order valence-corrected chi connectivity index (χ1v) is 8.09. The van der Waals surface area contributed by atoms with E-state index in [0.717, 1.165) is 6.08 Å². The highest BCUT2D eigenvalue weighted by atomic mass is 19.4. The molecule has 2 heterocycles. The van der Waals surface area contributed by atoms with Gasteiger partial charge in [0.15, 0.2) is 12.4 Å². The van der Waals surface area contributed by atoms with Gasteiger partial charge in [0.1, 0.15) is 30.2 Å². The summed E-state index contributed by atoms with van der Waals surface area (Å²) in [5.74, 6) is -0.0534. The summed E-state index contributed by atoms with van der Waals surface area (Å²) < 4.78 is 48.4. The third kappa shape index (κ3) is 3.65. The normalized spacial score (nSPS) is 15.2. The lowest BCUT2D eigenvalue weighted by Gasteiger charge is -2.24. The van der Waals surface area contributed by atoms with Gasteiger partial charge in [-0.05, 0) is 18.2 Å². The van der Waals surface area contributed by atoms with Gasteiger partial charge in [0, 0.05) is 49.1 Å². The highest BCUT2D eigenvalue weighted by Crippen LogP contribution is 2.44. The van der Waals surface area contributed by atoms with Gasteiger partial charge >= 0.3 is 6.18 Å². The molecular weight excluding hydrogens is 355 g/mol. The largest absolute Gasteiger partial charge is 0.455 e. The van der Waals surface area contributed by atoms with E-state index in [1.54, 1.807) is 61.2 Å². The number of pyridine rings is 1. The van der Waals surface area contributed by atoms with Crippen LogP contribution in [0.5, 0.6) is 5.75 Å². The standard InChI is InChI=1S/C20H17F3N3O/c1-25(2)14-4-5-15-17(20(21,22)23)11-19(27-18(15)10-14)16(12-24)13-6-8-26(3)9-7-13/h4-11H,1-3H3/q+1. The van der Waals surface area contributed by atoms with E-state index in [1.165, 1.54) is 12.1 Å². The number of anilines is 1. The van der Waals surface area contributed by atoms with E-state index in [9.17, 15) is 18.4 Å². The number of benzene rings is 1. The quantitative estimate of drug-likeness (QED) is 0.594. The van der Waals surface area contributed by atoms with E-state index in [4.69, 9.17) is 4.74 Å². The molecule has 0 atom stereocenters. The van der Waals surface area contributed by atoms with Crippen molar-refractivity contribution in [1.29, 1.82) is 5.26 Å². The Balaban J connectivity index is 2.22. The van der Waals surface area contributed by atoms with Crippen LogP contribution in [0.25, 0.3) is 11.1 Å². The van der Waals surface area contributed by atoms with Crippen LogP contribution >= 0.6 is 0 Å². The van der Waals surface area contributed by atoms with Crippen molar-refractivity contribution in [2.75, 3.05) is 19.0 Å². The second-order valence-electron chi connectivity index (χ2n) is 6.34. The summed E-state index contributed by atoms with van der Waals surface area (Å²) in [6.07, 6.45) is -0.262. The Bertz CT molecular complexity index is 981. The van der Waals surface area contributed by atoms with Gasteiger partial charge in [-0.3, -0.25) is 0 Å². The summed E-state index contributed by atoms with van der Waals surface area (Å²) in [4.78, 5) is 1.76. The molecule has 1 aliphatic rings. The molecule has 1 aromatic carbocycles. The second kappa shape index (κ2) is 6.80. The fourth-order valence-electron chi connectivity index (χ4n) is 2.74. The third-order valence-electron chi connectivity index (χ3n) is 4.20. The van der Waals surface area contributed by atoms with Crippen molar-refractivity contribution in [2.24, 2.45) is 7.05 Å². The molecule has 0 radical (unpaired) electrons. The maximum Gasteiger partial charge on any atom is 0.417 e. The summed E-state index contributed by atoms with van der Waals surface area (Å²) in [6, 6.07) is 9.80. The fourth-order valence-corrected chi connectivity index (χ4v) is 2.74. The van der Waals surface area contributed by atoms with E-state index in [-0.39, 0.29) is 22.6 Å². The number of nitriles is 1. The summed E-state index contributed by atoms with van der Waals surface area (Å²) in [5, 5.41) is 9.57. The maximum absolute atomic E-state index is 13.6. The minimum absolute atomic E-state index is 0.0401. The van der Waals surface area contributed by atoms with E-state index in [1.807, 2.05) is 6.07 Å². The predicted molar refractivity (Wildman–Crippen MR) is 95.6 cm³/mol. The zero-order valence-electron chi connectivity index (χ0n) is 15.0. The molecule has 1 aromatic heterocycles. The SMILES string of the molecule is CN(C)c1ccc2c(c1)O/C(=C(/C#N)c1cc[n+](C)cc1)C=C2C(F)(F)F. The van der Waals surface area contributed by atoms with Gasteiger partial charge in [-0.25, -0.2) is 4.57 Å². The molecule has 4 nitrogen and oxygen atoms in total. The Morgan fingerprint density at radius 1 is 1.15 bits per heavy atom. The number of aromatic nitrogens is 1. The van der Waals surface area contributed by atoms with E-state index in [2.05, 4.69) is 0 Å². The topological polar surface area (TPSA) is 40.1 Å². The minimum atomic E-state index is -4.58. The van der Waals surface area contributed by atoms with Crippen molar-refractivity contribution >= 4 is 16.8 Å². The Morgan fingerprint density at radius 2 is 1.81 bits per heavy atom. The molecule has 138 valence electrons. The van der Waals surface area contributed by atoms with Crippen LogP contribution in [-0.2, 0) is 7.05 Å². The van der Waals surface area contributed by atoms with Crippen LogP contribution in [0.4, 0.5) is 18.9 Å². The molecule has 27 heavy (non-hydrogen) atoms. The summed E-state index contributed by atoms with van der Waals surface area (Å²) in [5.41, 5.74) is 0.336. The second-order valence-corrected chi connectivity index (χ2v) is 6.34. The zero-order valence-corrected chi connectivity index (χ0v) is 15.0. The van der Waals surface area contributed by atoms with Gasteiger partial charge in [0.2, 0.25) is 0 Å². The number of aryl methyl sites for hydroxylation is 1. The number of alkyl halides is 3. The van der Waals surface area contributed by atoms with Crippen molar-refractivity contribution in [3.05, 3.63) is 65.7 Å². The minimum Gasteiger partial charge on any atom is -0.455 e. The van der Waals surface area contributed by atoms with Crippen molar-refractivity contribution in [3.63, 3.8) is 0 Å². The van der Waals surface area contributed by atoms with Crippen LogP contribution in [0.1, 0.15) is 11.1 Å². The molecular formula is C20H17F3N3O+. The van der Waals surface area contributed by atoms with Crippen LogP contribution in [0.2, 0.25) is 0 Å². The van der Waals surface area contributed by atoms with Crippen LogP contribution in [-0.4, -0.2) is 20.3 Å². The highest BCUT2D eigenvalue weighted by molar-refractivity contribution is 5.86. The smallest absolute Gasteiger partial charge is 0.417 e. The first-order valence-electron chi connectivity index (χ1n) is 8.09. The van der Waals surface area contributed by atoms with Crippen molar-refractivity contribution in [3.8, 4) is 11.8 Å². The number of hydrogen-bond acceptors (Lipinski definition) is 3. The van der Waals surface area contributed by atoms with E-state index >= 15 is 0 Å². The van der Waals surface area contributed by atoms with Crippen LogP contribution in [0.3, 0.4) is 0 Å². The highest BCUT2D eigenvalue weighted by Gasteiger charge is 2.39. The van der Waals surface area contributed by atoms with Gasteiger partial charge < -0.3 is 9.64 Å². The van der Waals surface area contributed by atoms with Crippen molar-refractivity contribution in [2.45, 2.75) is 6.18 Å². The van der Waals surface area contributed by atoms with Crippen LogP contribution in [0.15, 0.2) is 54.6 Å². The molecule has 7 heteroatoms. The van der Waals surface area contributed by atoms with Gasteiger partial charge in [-0.2, -0.15) is 18.4 Å². The summed E-state index contributed by atoms with van der Waals surface area (Å²) in [6.45, 7) is 0.